The molecule has 3 heteroatoms. The molecular formula is C29H61NO2. The Kier molecular flexibility index (Phi) is 27.0. The normalized spacial score (nSPS) is 13.5. The number of rotatable bonds is 27. The average Bonchev–Trinajstić information content (AvgIpc) is 2.81. The van der Waals surface area contributed by atoms with Crippen molar-refractivity contribution in [2.24, 2.45) is 5.92 Å². The summed E-state index contributed by atoms with van der Waals surface area (Å²) in [4.78, 5) is 0. The van der Waals surface area contributed by atoms with Gasteiger partial charge in [0.25, 0.3) is 0 Å². The second-order valence-electron chi connectivity index (χ2n) is 10.2. The first kappa shape index (κ1) is 31.9. The smallest absolute Gasteiger partial charge is 0.0584 e. The lowest BCUT2D eigenvalue weighted by Gasteiger charge is -2.15. The molecule has 2 unspecified atom stereocenters. The van der Waals surface area contributed by atoms with Crippen LogP contribution in [0.4, 0.5) is 0 Å². The molecule has 0 aliphatic rings. The van der Waals surface area contributed by atoms with E-state index in [1.165, 1.54) is 135 Å². The van der Waals surface area contributed by atoms with Crippen LogP contribution < -0.4 is 5.32 Å². The molecule has 3 N–H and O–H groups in total. The summed E-state index contributed by atoms with van der Waals surface area (Å²) in [6.45, 7) is 5.60. The van der Waals surface area contributed by atoms with Crippen LogP contribution in [0.25, 0.3) is 0 Å². The first-order valence-corrected chi connectivity index (χ1v) is 14.7. The van der Waals surface area contributed by atoms with Crippen LogP contribution in [0.2, 0.25) is 0 Å². The number of aliphatic hydroxyl groups excluding tert-OH is 2. The Balaban J connectivity index is 3.38. The topological polar surface area (TPSA) is 52.5 Å². The minimum Gasteiger partial charge on any atom is -0.395 e. The summed E-state index contributed by atoms with van der Waals surface area (Å²) in [6, 6.07) is 0.161. The maximum Gasteiger partial charge on any atom is 0.0584 e. The number of unbranched alkanes of at least 4 members (excludes halogenated alkanes) is 16. The van der Waals surface area contributed by atoms with Crippen LogP contribution in [-0.2, 0) is 0 Å². The van der Waals surface area contributed by atoms with Crippen molar-refractivity contribution in [1.82, 2.24) is 5.32 Å². The molecule has 0 amide bonds. The van der Waals surface area contributed by atoms with Gasteiger partial charge in [0.15, 0.2) is 0 Å². The van der Waals surface area contributed by atoms with E-state index in [0.717, 1.165) is 12.3 Å². The number of nitrogens with one attached hydrogen (secondary N) is 1. The van der Waals surface area contributed by atoms with Crippen LogP contribution >= 0.6 is 0 Å². The third kappa shape index (κ3) is 23.1. The van der Waals surface area contributed by atoms with E-state index >= 15 is 0 Å². The molecule has 0 aliphatic carbocycles. The standard InChI is InChI=1S/C29H61NO2/c1-3-5-6-7-8-9-10-13-16-19-22-28(4-2)23-20-17-14-11-12-15-18-21-24-29(27-32)30-25-26-31/h28-32H,3-27H2,1-2H3. The Morgan fingerprint density at radius 3 is 1.31 bits per heavy atom. The van der Waals surface area contributed by atoms with Gasteiger partial charge in [-0.05, 0) is 12.3 Å². The van der Waals surface area contributed by atoms with Gasteiger partial charge in [-0.15, -0.1) is 0 Å². The van der Waals surface area contributed by atoms with E-state index in [0.29, 0.717) is 6.54 Å². The highest BCUT2D eigenvalue weighted by Gasteiger charge is 2.07. The Bertz CT molecular complexity index is 337. The van der Waals surface area contributed by atoms with Gasteiger partial charge in [0.2, 0.25) is 0 Å². The van der Waals surface area contributed by atoms with Gasteiger partial charge in [-0.2, -0.15) is 0 Å². The highest BCUT2D eigenvalue weighted by Crippen LogP contribution is 2.22. The van der Waals surface area contributed by atoms with E-state index in [1.54, 1.807) is 0 Å². The van der Waals surface area contributed by atoms with E-state index in [-0.39, 0.29) is 19.3 Å². The predicted molar refractivity (Wildman–Crippen MR) is 142 cm³/mol. The first-order valence-electron chi connectivity index (χ1n) is 14.7. The van der Waals surface area contributed by atoms with Crippen molar-refractivity contribution >= 4 is 0 Å². The summed E-state index contributed by atoms with van der Waals surface area (Å²) in [6.07, 6.45) is 30.6. The molecule has 0 rings (SSSR count). The minimum atomic E-state index is 0.148. The maximum atomic E-state index is 9.31. The summed E-state index contributed by atoms with van der Waals surface area (Å²) in [5.41, 5.74) is 0. The van der Waals surface area contributed by atoms with E-state index < -0.39 is 0 Å². The second kappa shape index (κ2) is 27.1. The SMILES string of the molecule is CCCCCCCCCCCCC(CC)CCCCCCCCCCC(CO)NCCO. The fraction of sp³-hybridized carbons (Fsp3) is 1.00. The van der Waals surface area contributed by atoms with Gasteiger partial charge in [-0.25, -0.2) is 0 Å². The number of hydrogen-bond acceptors (Lipinski definition) is 3. The lowest BCUT2D eigenvalue weighted by molar-refractivity contribution is 0.217. The molecule has 0 heterocycles. The van der Waals surface area contributed by atoms with Crippen LogP contribution in [0.5, 0.6) is 0 Å². The zero-order chi connectivity index (χ0) is 23.5. The summed E-state index contributed by atoms with van der Waals surface area (Å²) in [7, 11) is 0. The Labute approximate surface area is 202 Å². The fourth-order valence-electron chi connectivity index (χ4n) is 4.88. The van der Waals surface area contributed by atoms with Crippen molar-refractivity contribution in [3.63, 3.8) is 0 Å². The molecule has 0 bridgehead atoms. The average molecular weight is 456 g/mol. The fourth-order valence-corrected chi connectivity index (χ4v) is 4.88. The van der Waals surface area contributed by atoms with Gasteiger partial charge < -0.3 is 15.5 Å². The van der Waals surface area contributed by atoms with Crippen LogP contribution in [0.1, 0.15) is 155 Å². The maximum absolute atomic E-state index is 9.31. The van der Waals surface area contributed by atoms with Crippen molar-refractivity contribution in [2.75, 3.05) is 19.8 Å². The van der Waals surface area contributed by atoms with Crippen molar-refractivity contribution in [3.8, 4) is 0 Å². The molecule has 0 radical (unpaired) electrons. The van der Waals surface area contributed by atoms with Crippen LogP contribution in [0.3, 0.4) is 0 Å². The highest BCUT2D eigenvalue weighted by atomic mass is 16.3. The number of aliphatic hydroxyl groups is 2. The molecule has 194 valence electrons. The van der Waals surface area contributed by atoms with Crippen molar-refractivity contribution < 1.29 is 10.2 Å². The summed E-state index contributed by atoms with van der Waals surface area (Å²) in [5.74, 6) is 0.975. The van der Waals surface area contributed by atoms with Crippen molar-refractivity contribution in [1.29, 1.82) is 0 Å². The minimum absolute atomic E-state index is 0.148. The molecule has 0 fully saturated rings. The summed E-state index contributed by atoms with van der Waals surface area (Å²) in [5, 5.41) is 21.3. The largest absolute Gasteiger partial charge is 0.395 e. The molecule has 2 atom stereocenters. The Hall–Kier alpha value is -0.120. The van der Waals surface area contributed by atoms with Gasteiger partial charge >= 0.3 is 0 Å². The van der Waals surface area contributed by atoms with E-state index in [2.05, 4.69) is 19.2 Å². The predicted octanol–water partition coefficient (Wildman–Crippen LogP) is 8.17. The monoisotopic (exact) mass is 455 g/mol. The third-order valence-electron chi connectivity index (χ3n) is 7.22. The molecule has 0 aromatic carbocycles. The first-order chi connectivity index (χ1) is 15.8. The zero-order valence-electron chi connectivity index (χ0n) is 22.2. The molecule has 3 nitrogen and oxygen atoms in total. The van der Waals surface area contributed by atoms with Gasteiger partial charge in [0.05, 0.1) is 13.2 Å². The van der Waals surface area contributed by atoms with Crippen molar-refractivity contribution in [3.05, 3.63) is 0 Å². The summed E-state index contributed by atoms with van der Waals surface area (Å²) < 4.78 is 0. The van der Waals surface area contributed by atoms with Crippen LogP contribution in [0.15, 0.2) is 0 Å². The Morgan fingerprint density at radius 1 is 0.531 bits per heavy atom. The van der Waals surface area contributed by atoms with Gasteiger partial charge in [0, 0.05) is 12.6 Å². The summed E-state index contributed by atoms with van der Waals surface area (Å²) >= 11 is 0. The number of hydrogen-bond donors (Lipinski definition) is 3. The molecule has 0 aromatic rings. The lowest BCUT2D eigenvalue weighted by Crippen LogP contribution is -2.34. The molecule has 0 spiro atoms. The van der Waals surface area contributed by atoms with Gasteiger partial charge in [0.1, 0.15) is 0 Å². The molecule has 32 heavy (non-hydrogen) atoms. The lowest BCUT2D eigenvalue weighted by atomic mass is 9.92. The molecule has 0 saturated carbocycles. The molecule has 0 aliphatic heterocycles. The molecule has 0 saturated heterocycles. The van der Waals surface area contributed by atoms with Crippen LogP contribution in [0, 0.1) is 5.92 Å². The van der Waals surface area contributed by atoms with Crippen LogP contribution in [-0.4, -0.2) is 36.0 Å². The molecule has 0 aromatic heterocycles. The zero-order valence-corrected chi connectivity index (χ0v) is 22.2. The van der Waals surface area contributed by atoms with E-state index in [9.17, 15) is 5.11 Å². The Morgan fingerprint density at radius 2 is 0.938 bits per heavy atom. The van der Waals surface area contributed by atoms with Gasteiger partial charge in [-0.3, -0.25) is 0 Å². The third-order valence-corrected chi connectivity index (χ3v) is 7.22. The quantitative estimate of drug-likeness (QED) is 0.109. The van der Waals surface area contributed by atoms with E-state index in [4.69, 9.17) is 5.11 Å². The molecular weight excluding hydrogens is 394 g/mol. The highest BCUT2D eigenvalue weighted by molar-refractivity contribution is 4.65. The van der Waals surface area contributed by atoms with Crippen molar-refractivity contribution in [2.45, 2.75) is 161 Å². The second-order valence-corrected chi connectivity index (χ2v) is 10.2. The van der Waals surface area contributed by atoms with E-state index in [1.807, 2.05) is 0 Å². The van der Waals surface area contributed by atoms with Gasteiger partial charge in [-0.1, -0.05) is 149 Å².